The first-order valence-corrected chi connectivity index (χ1v) is 7.74. The molecular formula is C15H24N4O. The number of aromatic amines is 1. The number of rotatable bonds is 2. The van der Waals surface area contributed by atoms with Gasteiger partial charge in [0.1, 0.15) is 0 Å². The molecule has 1 atom stereocenters. The van der Waals surface area contributed by atoms with E-state index in [1.807, 2.05) is 6.92 Å². The fourth-order valence-corrected chi connectivity index (χ4v) is 3.73. The summed E-state index contributed by atoms with van der Waals surface area (Å²) in [5.41, 5.74) is 1.78. The van der Waals surface area contributed by atoms with Crippen molar-refractivity contribution < 1.29 is 4.79 Å². The van der Waals surface area contributed by atoms with E-state index in [2.05, 4.69) is 20.8 Å². The lowest BCUT2D eigenvalue weighted by molar-refractivity contribution is 0.0892. The number of carbonyl (C=O) groups is 1. The molecular weight excluding hydrogens is 252 g/mol. The molecule has 1 aromatic heterocycles. The summed E-state index contributed by atoms with van der Waals surface area (Å²) in [5, 5.41) is 13.7. The van der Waals surface area contributed by atoms with Gasteiger partial charge in [-0.25, -0.2) is 0 Å². The van der Waals surface area contributed by atoms with Gasteiger partial charge in [-0.1, -0.05) is 19.3 Å². The second-order valence-electron chi connectivity index (χ2n) is 6.34. The number of aromatic nitrogens is 2. The Labute approximate surface area is 119 Å². The predicted molar refractivity (Wildman–Crippen MR) is 77.6 cm³/mol. The molecule has 1 amide bonds. The van der Waals surface area contributed by atoms with Crippen LogP contribution in [0.4, 0.5) is 0 Å². The van der Waals surface area contributed by atoms with Crippen LogP contribution in [0.5, 0.6) is 0 Å². The maximum atomic E-state index is 12.3. The molecule has 1 unspecified atom stereocenters. The van der Waals surface area contributed by atoms with E-state index in [-0.39, 0.29) is 17.5 Å². The van der Waals surface area contributed by atoms with E-state index in [1.165, 1.54) is 32.1 Å². The van der Waals surface area contributed by atoms with Crippen molar-refractivity contribution in [3.05, 3.63) is 17.5 Å². The van der Waals surface area contributed by atoms with Crippen LogP contribution < -0.4 is 10.6 Å². The summed E-state index contributed by atoms with van der Waals surface area (Å²) in [6, 6.07) is 0.288. The summed E-state index contributed by atoms with van der Waals surface area (Å²) in [6.07, 6.45) is 10.2. The summed E-state index contributed by atoms with van der Waals surface area (Å²) in [5.74, 6) is 0.00843. The second-order valence-corrected chi connectivity index (χ2v) is 6.34. The second kappa shape index (κ2) is 5.56. The van der Waals surface area contributed by atoms with Crippen LogP contribution in [0.25, 0.3) is 0 Å². The lowest BCUT2D eigenvalue weighted by atomic mass is 9.75. The van der Waals surface area contributed by atoms with E-state index in [1.54, 1.807) is 6.20 Å². The first kappa shape index (κ1) is 13.6. The van der Waals surface area contributed by atoms with Gasteiger partial charge in [-0.3, -0.25) is 9.89 Å². The van der Waals surface area contributed by atoms with Crippen LogP contribution in [0.15, 0.2) is 6.20 Å². The zero-order valence-electron chi connectivity index (χ0n) is 12.2. The highest BCUT2D eigenvalue weighted by molar-refractivity contribution is 5.95. The Morgan fingerprint density at radius 1 is 1.40 bits per heavy atom. The Morgan fingerprint density at radius 2 is 2.20 bits per heavy atom. The molecule has 1 aromatic rings. The fraction of sp³-hybridized carbons (Fsp3) is 0.733. The summed E-state index contributed by atoms with van der Waals surface area (Å²) in [6.45, 7) is 2.89. The van der Waals surface area contributed by atoms with Crippen molar-refractivity contribution in [1.29, 1.82) is 0 Å². The summed E-state index contributed by atoms with van der Waals surface area (Å²) >= 11 is 0. The van der Waals surface area contributed by atoms with Crippen LogP contribution in [0.2, 0.25) is 0 Å². The van der Waals surface area contributed by atoms with Gasteiger partial charge in [0.25, 0.3) is 5.91 Å². The van der Waals surface area contributed by atoms with E-state index < -0.39 is 0 Å². The molecule has 1 saturated heterocycles. The highest BCUT2D eigenvalue weighted by Gasteiger charge is 2.37. The van der Waals surface area contributed by atoms with Gasteiger partial charge < -0.3 is 10.6 Å². The van der Waals surface area contributed by atoms with Crippen LogP contribution in [-0.4, -0.2) is 34.2 Å². The van der Waals surface area contributed by atoms with Crippen molar-refractivity contribution in [3.63, 3.8) is 0 Å². The average molecular weight is 276 g/mol. The van der Waals surface area contributed by atoms with Crippen LogP contribution in [0.3, 0.4) is 0 Å². The number of piperidine rings is 1. The van der Waals surface area contributed by atoms with Gasteiger partial charge in [0.2, 0.25) is 0 Å². The number of carbonyl (C=O) groups excluding carboxylic acids is 1. The molecule has 1 aliphatic carbocycles. The van der Waals surface area contributed by atoms with Gasteiger partial charge in [0.05, 0.1) is 11.8 Å². The van der Waals surface area contributed by atoms with Crippen molar-refractivity contribution in [3.8, 4) is 0 Å². The van der Waals surface area contributed by atoms with Crippen LogP contribution in [-0.2, 0) is 0 Å². The zero-order valence-corrected chi connectivity index (χ0v) is 12.2. The SMILES string of the molecule is Cc1[nH]ncc1C(=O)NC1CCNC2(CCCCC2)C1. The summed E-state index contributed by atoms with van der Waals surface area (Å²) in [7, 11) is 0. The van der Waals surface area contributed by atoms with Gasteiger partial charge in [-0.05, 0) is 39.2 Å². The molecule has 0 bridgehead atoms. The zero-order chi connectivity index (χ0) is 14.0. The Balaban J connectivity index is 1.63. The highest BCUT2D eigenvalue weighted by atomic mass is 16.1. The van der Waals surface area contributed by atoms with Gasteiger partial charge in [0.15, 0.2) is 0 Å². The molecule has 1 aliphatic heterocycles. The van der Waals surface area contributed by atoms with E-state index in [0.29, 0.717) is 5.56 Å². The highest BCUT2D eigenvalue weighted by Crippen LogP contribution is 2.34. The number of nitrogens with one attached hydrogen (secondary N) is 3. The van der Waals surface area contributed by atoms with Crippen LogP contribution >= 0.6 is 0 Å². The minimum atomic E-state index is 0.00843. The third-order valence-electron chi connectivity index (χ3n) is 4.85. The smallest absolute Gasteiger partial charge is 0.254 e. The molecule has 1 spiro atoms. The van der Waals surface area contributed by atoms with Gasteiger partial charge in [-0.2, -0.15) is 5.10 Å². The summed E-state index contributed by atoms with van der Waals surface area (Å²) < 4.78 is 0. The molecule has 20 heavy (non-hydrogen) atoms. The van der Waals surface area contributed by atoms with Crippen molar-refractivity contribution in [2.75, 3.05) is 6.54 Å². The monoisotopic (exact) mass is 276 g/mol. The minimum absolute atomic E-state index is 0.00843. The van der Waals surface area contributed by atoms with Crippen molar-refractivity contribution >= 4 is 5.91 Å². The number of hydrogen-bond donors (Lipinski definition) is 3. The predicted octanol–water partition coefficient (Wildman–Crippen LogP) is 1.90. The number of hydrogen-bond acceptors (Lipinski definition) is 3. The molecule has 0 aromatic carbocycles. The molecule has 1 saturated carbocycles. The molecule has 2 fully saturated rings. The van der Waals surface area contributed by atoms with E-state index >= 15 is 0 Å². The van der Waals surface area contributed by atoms with Crippen molar-refractivity contribution in [1.82, 2.24) is 20.8 Å². The molecule has 0 radical (unpaired) electrons. The van der Waals surface area contributed by atoms with Gasteiger partial charge >= 0.3 is 0 Å². The van der Waals surface area contributed by atoms with Gasteiger partial charge in [-0.15, -0.1) is 0 Å². The Kier molecular flexibility index (Phi) is 3.78. The third-order valence-corrected chi connectivity index (χ3v) is 4.85. The number of H-pyrrole nitrogens is 1. The number of aryl methyl sites for hydroxylation is 1. The van der Waals surface area contributed by atoms with Crippen LogP contribution in [0, 0.1) is 6.92 Å². The lowest BCUT2D eigenvalue weighted by Gasteiger charge is -2.44. The van der Waals surface area contributed by atoms with E-state index in [0.717, 1.165) is 25.1 Å². The largest absolute Gasteiger partial charge is 0.349 e. The first-order valence-electron chi connectivity index (χ1n) is 7.74. The topological polar surface area (TPSA) is 69.8 Å². The Hall–Kier alpha value is -1.36. The lowest BCUT2D eigenvalue weighted by Crippen LogP contribution is -2.57. The van der Waals surface area contributed by atoms with E-state index in [9.17, 15) is 4.79 Å². The fourth-order valence-electron chi connectivity index (χ4n) is 3.73. The van der Waals surface area contributed by atoms with Crippen LogP contribution in [0.1, 0.15) is 61.0 Å². The number of amides is 1. The molecule has 110 valence electrons. The Morgan fingerprint density at radius 3 is 2.90 bits per heavy atom. The molecule has 5 heteroatoms. The van der Waals surface area contributed by atoms with Gasteiger partial charge in [0, 0.05) is 17.3 Å². The van der Waals surface area contributed by atoms with Crippen molar-refractivity contribution in [2.45, 2.75) is 63.5 Å². The molecule has 3 N–H and O–H groups in total. The third kappa shape index (κ3) is 2.73. The normalized spacial score (nSPS) is 25.6. The standard InChI is InChI=1S/C15H24N4O/c1-11-13(10-17-19-11)14(20)18-12-5-8-16-15(9-12)6-3-2-4-7-15/h10,12,16H,2-9H2,1H3,(H,17,19)(H,18,20). The number of nitrogens with zero attached hydrogens (tertiary/aromatic N) is 1. The summed E-state index contributed by atoms with van der Waals surface area (Å²) in [4.78, 5) is 12.3. The minimum Gasteiger partial charge on any atom is -0.349 e. The van der Waals surface area contributed by atoms with Crippen molar-refractivity contribution in [2.24, 2.45) is 0 Å². The molecule has 2 heterocycles. The Bertz CT molecular complexity index is 470. The maximum Gasteiger partial charge on any atom is 0.254 e. The molecule has 5 nitrogen and oxygen atoms in total. The maximum absolute atomic E-state index is 12.3. The van der Waals surface area contributed by atoms with E-state index in [4.69, 9.17) is 0 Å². The molecule has 2 aliphatic rings. The quantitative estimate of drug-likeness (QED) is 0.772. The molecule has 3 rings (SSSR count). The first-order chi connectivity index (χ1) is 9.69. The average Bonchev–Trinajstić information content (AvgIpc) is 2.86.